The molecule has 188 valence electrons. The van der Waals surface area contributed by atoms with E-state index in [9.17, 15) is 23.3 Å². The molecule has 0 aliphatic carbocycles. The van der Waals surface area contributed by atoms with Crippen LogP contribution in [0.5, 0.6) is 0 Å². The Labute approximate surface area is 218 Å². The van der Waals surface area contributed by atoms with Crippen molar-refractivity contribution in [3.8, 4) is 6.07 Å². The van der Waals surface area contributed by atoms with Gasteiger partial charge in [0, 0.05) is 12.8 Å². The van der Waals surface area contributed by atoms with E-state index in [4.69, 9.17) is 0 Å². The number of ketones is 2. The standard InChI is InChI=1S/C31H29NO4S/c1-25-12-18-30(19-13-25)37(35,36)31(24-32,22-20-28(33)16-14-26-8-4-2-5-9-26)23-21-29(34)17-15-27-10-6-3-7-11-27/h2-19H,20-23H2,1H3. The van der Waals surface area contributed by atoms with E-state index in [0.29, 0.717) is 0 Å². The summed E-state index contributed by atoms with van der Waals surface area (Å²) in [6.45, 7) is 1.84. The molecule has 0 spiro atoms. The predicted octanol–water partition coefficient (Wildman–Crippen LogP) is 6.16. The normalized spacial score (nSPS) is 13.3. The summed E-state index contributed by atoms with van der Waals surface area (Å²) in [6.07, 6.45) is 5.38. The number of allylic oxidation sites excluding steroid dienone is 2. The van der Waals surface area contributed by atoms with Crippen molar-refractivity contribution in [2.24, 2.45) is 0 Å². The van der Waals surface area contributed by atoms with E-state index in [0.717, 1.165) is 16.7 Å². The van der Waals surface area contributed by atoms with Gasteiger partial charge in [0.25, 0.3) is 0 Å². The molecule has 3 rings (SSSR count). The number of rotatable bonds is 12. The second-order valence-corrected chi connectivity index (χ2v) is 11.1. The molecule has 0 aromatic heterocycles. The fourth-order valence-corrected chi connectivity index (χ4v) is 5.64. The number of hydrogen-bond donors (Lipinski definition) is 0. The number of sulfone groups is 1. The van der Waals surface area contributed by atoms with Gasteiger partial charge in [0.1, 0.15) is 0 Å². The SMILES string of the molecule is Cc1ccc(S(=O)(=O)C(C#N)(CCC(=O)C=Cc2ccccc2)CCC(=O)C=Cc2ccccc2)cc1. The highest BCUT2D eigenvalue weighted by Gasteiger charge is 2.45. The Morgan fingerprint density at radius 3 is 1.59 bits per heavy atom. The number of hydrogen-bond acceptors (Lipinski definition) is 5. The molecule has 0 N–H and O–H groups in total. The van der Waals surface area contributed by atoms with Crippen LogP contribution in [0.1, 0.15) is 42.4 Å². The van der Waals surface area contributed by atoms with E-state index in [1.54, 1.807) is 24.3 Å². The predicted molar refractivity (Wildman–Crippen MR) is 146 cm³/mol. The molecule has 0 aliphatic rings. The Bertz CT molecular complexity index is 1350. The summed E-state index contributed by atoms with van der Waals surface area (Å²) >= 11 is 0. The molecular weight excluding hydrogens is 482 g/mol. The fourth-order valence-electron chi connectivity index (χ4n) is 3.83. The van der Waals surface area contributed by atoms with E-state index in [2.05, 4.69) is 0 Å². The van der Waals surface area contributed by atoms with E-state index in [-0.39, 0.29) is 42.1 Å². The van der Waals surface area contributed by atoms with Gasteiger partial charge in [0.05, 0.1) is 11.0 Å². The molecular formula is C31H29NO4S. The van der Waals surface area contributed by atoms with E-state index in [1.165, 1.54) is 24.3 Å². The summed E-state index contributed by atoms with van der Waals surface area (Å²) in [4.78, 5) is 25.2. The molecule has 0 radical (unpaired) electrons. The lowest BCUT2D eigenvalue weighted by molar-refractivity contribution is -0.115. The smallest absolute Gasteiger partial charge is 0.197 e. The largest absolute Gasteiger partial charge is 0.295 e. The van der Waals surface area contributed by atoms with E-state index >= 15 is 0 Å². The van der Waals surface area contributed by atoms with Crippen molar-refractivity contribution in [3.63, 3.8) is 0 Å². The molecule has 0 atom stereocenters. The third-order valence-corrected chi connectivity index (χ3v) is 8.54. The second kappa shape index (κ2) is 12.8. The number of carbonyl (C=O) groups is 2. The molecule has 0 unspecified atom stereocenters. The van der Waals surface area contributed by atoms with Gasteiger partial charge in [-0.1, -0.05) is 90.5 Å². The molecule has 6 heteroatoms. The average Bonchev–Trinajstić information content (AvgIpc) is 2.92. The van der Waals surface area contributed by atoms with Gasteiger partial charge in [-0.15, -0.1) is 0 Å². The van der Waals surface area contributed by atoms with Gasteiger partial charge in [-0.05, 0) is 55.2 Å². The molecule has 3 aromatic carbocycles. The molecule has 0 amide bonds. The minimum Gasteiger partial charge on any atom is -0.295 e. The van der Waals surface area contributed by atoms with Crippen LogP contribution in [0, 0.1) is 18.3 Å². The third kappa shape index (κ3) is 7.45. The Hall–Kier alpha value is -4.08. The van der Waals surface area contributed by atoms with Crippen LogP contribution in [0.2, 0.25) is 0 Å². The van der Waals surface area contributed by atoms with Crippen LogP contribution in [-0.2, 0) is 19.4 Å². The molecule has 37 heavy (non-hydrogen) atoms. The van der Waals surface area contributed by atoms with Crippen LogP contribution in [-0.4, -0.2) is 24.7 Å². The minimum atomic E-state index is -4.17. The highest BCUT2D eigenvalue weighted by molar-refractivity contribution is 7.93. The summed E-state index contributed by atoms with van der Waals surface area (Å²) in [5, 5.41) is 10.2. The maximum atomic E-state index is 13.7. The molecule has 0 bridgehead atoms. The number of aryl methyl sites for hydroxylation is 1. The first-order valence-electron chi connectivity index (χ1n) is 12.0. The molecule has 0 saturated heterocycles. The van der Waals surface area contributed by atoms with Crippen LogP contribution in [0.25, 0.3) is 12.2 Å². The van der Waals surface area contributed by atoms with Crippen LogP contribution in [0.15, 0.2) is 102 Å². The maximum Gasteiger partial charge on any atom is 0.197 e. The Balaban J connectivity index is 1.82. The topological polar surface area (TPSA) is 92.1 Å². The second-order valence-electron chi connectivity index (χ2n) is 8.84. The zero-order valence-electron chi connectivity index (χ0n) is 20.7. The highest BCUT2D eigenvalue weighted by Crippen LogP contribution is 2.35. The monoisotopic (exact) mass is 511 g/mol. The summed E-state index contributed by atoms with van der Waals surface area (Å²) in [7, 11) is -4.17. The summed E-state index contributed by atoms with van der Waals surface area (Å²) in [5.74, 6) is -0.587. The van der Waals surface area contributed by atoms with Gasteiger partial charge in [-0.25, -0.2) is 8.42 Å². The lowest BCUT2D eigenvalue weighted by Crippen LogP contribution is -2.38. The average molecular weight is 512 g/mol. The van der Waals surface area contributed by atoms with Crippen LogP contribution in [0.4, 0.5) is 0 Å². The maximum absolute atomic E-state index is 13.7. The minimum absolute atomic E-state index is 0.000738. The van der Waals surface area contributed by atoms with Crippen LogP contribution in [0.3, 0.4) is 0 Å². The fraction of sp³-hybridized carbons (Fsp3) is 0.194. The first-order valence-corrected chi connectivity index (χ1v) is 13.5. The molecule has 0 fully saturated rings. The Morgan fingerprint density at radius 1 is 0.757 bits per heavy atom. The van der Waals surface area contributed by atoms with Gasteiger partial charge < -0.3 is 0 Å². The Morgan fingerprint density at radius 2 is 1.19 bits per heavy atom. The molecule has 5 nitrogen and oxygen atoms in total. The number of nitrogens with zero attached hydrogens (tertiary/aromatic N) is 1. The van der Waals surface area contributed by atoms with Crippen molar-refractivity contribution in [2.75, 3.05) is 0 Å². The third-order valence-electron chi connectivity index (χ3n) is 6.12. The lowest BCUT2D eigenvalue weighted by atomic mass is 9.95. The first-order chi connectivity index (χ1) is 17.8. The highest BCUT2D eigenvalue weighted by atomic mass is 32.2. The molecule has 0 aliphatic heterocycles. The van der Waals surface area contributed by atoms with E-state index < -0.39 is 14.6 Å². The number of benzene rings is 3. The van der Waals surface area contributed by atoms with E-state index in [1.807, 2.05) is 73.7 Å². The van der Waals surface area contributed by atoms with Crippen molar-refractivity contribution in [1.29, 1.82) is 5.26 Å². The summed E-state index contributed by atoms with van der Waals surface area (Å²) < 4.78 is 25.5. The number of nitriles is 1. The Kier molecular flexibility index (Phi) is 9.48. The summed E-state index contributed by atoms with van der Waals surface area (Å²) in [5.41, 5.74) is 2.56. The molecule has 0 saturated carbocycles. The molecule has 0 heterocycles. The van der Waals surface area contributed by atoms with Crippen molar-refractivity contribution in [2.45, 2.75) is 42.2 Å². The first kappa shape index (κ1) is 27.5. The van der Waals surface area contributed by atoms with Gasteiger partial charge >= 0.3 is 0 Å². The van der Waals surface area contributed by atoms with Crippen LogP contribution >= 0.6 is 0 Å². The van der Waals surface area contributed by atoms with Crippen molar-refractivity contribution < 1.29 is 18.0 Å². The lowest BCUT2D eigenvalue weighted by Gasteiger charge is -2.26. The van der Waals surface area contributed by atoms with Gasteiger partial charge in [-0.2, -0.15) is 5.26 Å². The van der Waals surface area contributed by atoms with Crippen LogP contribution < -0.4 is 0 Å². The van der Waals surface area contributed by atoms with Gasteiger partial charge in [0.15, 0.2) is 26.2 Å². The van der Waals surface area contributed by atoms with Gasteiger partial charge in [0.2, 0.25) is 0 Å². The van der Waals surface area contributed by atoms with Crippen molar-refractivity contribution in [1.82, 2.24) is 0 Å². The summed E-state index contributed by atoms with van der Waals surface area (Å²) in [6, 6.07) is 26.8. The number of carbonyl (C=O) groups excluding carboxylic acids is 2. The van der Waals surface area contributed by atoms with Gasteiger partial charge in [-0.3, -0.25) is 9.59 Å². The molecule has 3 aromatic rings. The van der Waals surface area contributed by atoms with Crippen molar-refractivity contribution >= 4 is 33.6 Å². The quantitative estimate of drug-likeness (QED) is 0.272. The zero-order valence-corrected chi connectivity index (χ0v) is 21.5. The zero-order chi connectivity index (χ0) is 26.7. The van der Waals surface area contributed by atoms with Crippen molar-refractivity contribution in [3.05, 3.63) is 114 Å².